The summed E-state index contributed by atoms with van der Waals surface area (Å²) in [5.74, 6) is -1.64. The number of piperazine rings is 1. The van der Waals surface area contributed by atoms with Gasteiger partial charge in [-0.1, -0.05) is 24.3 Å². The molecule has 4 rings (SSSR count). The fourth-order valence-corrected chi connectivity index (χ4v) is 5.04. The molecule has 1 fully saturated rings. The Morgan fingerprint density at radius 3 is 2.45 bits per heavy atom. The average molecular weight is 475 g/mol. The first-order chi connectivity index (χ1) is 16.0. The Morgan fingerprint density at radius 1 is 1.00 bits per heavy atom. The van der Waals surface area contributed by atoms with Crippen molar-refractivity contribution in [1.82, 2.24) is 9.80 Å². The summed E-state index contributed by atoms with van der Waals surface area (Å²) >= 11 is 1.12. The number of thiophene rings is 1. The van der Waals surface area contributed by atoms with Crippen LogP contribution in [0.2, 0.25) is 0 Å². The van der Waals surface area contributed by atoms with E-state index in [-0.39, 0.29) is 23.2 Å². The zero-order valence-corrected chi connectivity index (χ0v) is 19.0. The Morgan fingerprint density at radius 2 is 1.73 bits per heavy atom. The predicted molar refractivity (Wildman–Crippen MR) is 121 cm³/mol. The highest BCUT2D eigenvalue weighted by Crippen LogP contribution is 2.34. The number of amides is 1. The van der Waals surface area contributed by atoms with Crippen molar-refractivity contribution >= 4 is 33.3 Å². The second-order valence-corrected chi connectivity index (χ2v) is 8.83. The highest BCUT2D eigenvalue weighted by atomic mass is 32.1. The molecule has 2 aromatic carbocycles. The molecule has 0 spiro atoms. The van der Waals surface area contributed by atoms with Crippen LogP contribution in [-0.2, 0) is 27.4 Å². The van der Waals surface area contributed by atoms with Crippen LogP contribution in [0.5, 0.6) is 0 Å². The van der Waals surface area contributed by atoms with Crippen LogP contribution >= 0.6 is 11.3 Å². The number of fused-ring (bicyclic) bond motifs is 1. The number of carbonyl (C=O) groups is 2. The van der Waals surface area contributed by atoms with Gasteiger partial charge in [0.2, 0.25) is 0 Å². The molecule has 0 bridgehead atoms. The Kier molecular flexibility index (Phi) is 7.32. The summed E-state index contributed by atoms with van der Waals surface area (Å²) in [5.41, 5.74) is 1.05. The Labute approximate surface area is 194 Å². The summed E-state index contributed by atoms with van der Waals surface area (Å²) in [7, 11) is 1.47. The van der Waals surface area contributed by atoms with Crippen molar-refractivity contribution in [1.29, 1.82) is 0 Å². The van der Waals surface area contributed by atoms with Gasteiger partial charge in [-0.05, 0) is 18.2 Å². The SMILES string of the molecule is COCc1c(C(=O)OCC(=O)N2CCN(Cc3ccccc3F)CC2)sc2cccc(F)c12. The van der Waals surface area contributed by atoms with Crippen LogP contribution in [0, 0.1) is 11.6 Å². The van der Waals surface area contributed by atoms with E-state index in [1.165, 1.54) is 19.2 Å². The van der Waals surface area contributed by atoms with E-state index < -0.39 is 18.4 Å². The zero-order valence-electron chi connectivity index (χ0n) is 18.2. The number of esters is 1. The smallest absolute Gasteiger partial charge is 0.349 e. The third-order valence-electron chi connectivity index (χ3n) is 5.64. The molecular weight excluding hydrogens is 450 g/mol. The Bertz CT molecular complexity index is 1160. The number of methoxy groups -OCH3 is 1. The Hall–Kier alpha value is -2.88. The number of nitrogens with zero attached hydrogens (tertiary/aromatic N) is 2. The van der Waals surface area contributed by atoms with Crippen molar-refractivity contribution in [2.24, 2.45) is 0 Å². The summed E-state index contributed by atoms with van der Waals surface area (Å²) in [6.45, 7) is 2.28. The molecule has 1 aliphatic rings. The van der Waals surface area contributed by atoms with Gasteiger partial charge in [-0.2, -0.15) is 0 Å². The van der Waals surface area contributed by atoms with Gasteiger partial charge in [0, 0.05) is 61.0 Å². The number of rotatable bonds is 7. The van der Waals surface area contributed by atoms with Crippen LogP contribution in [0.4, 0.5) is 8.78 Å². The number of halogens is 2. The van der Waals surface area contributed by atoms with Gasteiger partial charge in [0.15, 0.2) is 6.61 Å². The van der Waals surface area contributed by atoms with E-state index in [0.717, 1.165) is 11.3 Å². The summed E-state index contributed by atoms with van der Waals surface area (Å²) in [5, 5.41) is 0.341. The first-order valence-electron chi connectivity index (χ1n) is 10.6. The van der Waals surface area contributed by atoms with Crippen molar-refractivity contribution in [3.05, 3.63) is 70.1 Å². The molecule has 0 unspecified atom stereocenters. The third-order valence-corrected chi connectivity index (χ3v) is 6.82. The van der Waals surface area contributed by atoms with E-state index >= 15 is 0 Å². The molecule has 0 saturated carbocycles. The van der Waals surface area contributed by atoms with E-state index in [0.29, 0.717) is 53.9 Å². The lowest BCUT2D eigenvalue weighted by Crippen LogP contribution is -2.49. The minimum Gasteiger partial charge on any atom is -0.451 e. The van der Waals surface area contributed by atoms with Crippen LogP contribution in [0.1, 0.15) is 20.8 Å². The van der Waals surface area contributed by atoms with Gasteiger partial charge in [0.05, 0.1) is 6.61 Å². The maximum Gasteiger partial charge on any atom is 0.349 e. The first kappa shape index (κ1) is 23.3. The van der Waals surface area contributed by atoms with Crippen molar-refractivity contribution in [2.75, 3.05) is 39.9 Å². The summed E-state index contributed by atoms with van der Waals surface area (Å²) in [6.07, 6.45) is 0. The van der Waals surface area contributed by atoms with Crippen LogP contribution in [0.3, 0.4) is 0 Å². The van der Waals surface area contributed by atoms with Gasteiger partial charge in [-0.3, -0.25) is 9.69 Å². The monoisotopic (exact) mass is 474 g/mol. The maximum absolute atomic E-state index is 14.3. The van der Waals surface area contributed by atoms with Gasteiger partial charge in [0.1, 0.15) is 16.5 Å². The lowest BCUT2D eigenvalue weighted by molar-refractivity contribution is -0.136. The maximum atomic E-state index is 14.3. The minimum atomic E-state index is -0.672. The van der Waals surface area contributed by atoms with Gasteiger partial charge < -0.3 is 14.4 Å². The molecule has 1 aromatic heterocycles. The lowest BCUT2D eigenvalue weighted by Gasteiger charge is -2.34. The molecule has 1 aliphatic heterocycles. The molecule has 174 valence electrons. The standard InChI is InChI=1S/C24H24F2N2O4S/c1-31-14-17-22-19(26)7-4-8-20(22)33-23(17)24(30)32-15-21(29)28-11-9-27(10-12-28)13-16-5-2-3-6-18(16)25/h2-8H,9-15H2,1H3. The summed E-state index contributed by atoms with van der Waals surface area (Å²) in [6, 6.07) is 11.3. The fourth-order valence-electron chi connectivity index (χ4n) is 3.92. The molecule has 1 amide bonds. The van der Waals surface area contributed by atoms with E-state index in [2.05, 4.69) is 4.90 Å². The molecule has 9 heteroatoms. The van der Waals surface area contributed by atoms with Crippen molar-refractivity contribution in [2.45, 2.75) is 13.2 Å². The van der Waals surface area contributed by atoms with Crippen molar-refractivity contribution in [3.63, 3.8) is 0 Å². The number of carbonyl (C=O) groups excluding carboxylic acids is 2. The van der Waals surface area contributed by atoms with Gasteiger partial charge >= 0.3 is 5.97 Å². The second kappa shape index (κ2) is 10.4. The van der Waals surface area contributed by atoms with Crippen LogP contribution < -0.4 is 0 Å². The average Bonchev–Trinajstić information content (AvgIpc) is 3.19. The number of benzene rings is 2. The normalized spacial score (nSPS) is 14.6. The molecule has 1 saturated heterocycles. The topological polar surface area (TPSA) is 59.1 Å². The number of ether oxygens (including phenoxy) is 2. The summed E-state index contributed by atoms with van der Waals surface area (Å²) < 4.78 is 39.2. The second-order valence-electron chi connectivity index (χ2n) is 7.78. The largest absolute Gasteiger partial charge is 0.451 e. The third kappa shape index (κ3) is 5.21. The Balaban J connectivity index is 1.33. The fraction of sp³-hybridized carbons (Fsp3) is 0.333. The van der Waals surface area contributed by atoms with Crippen molar-refractivity contribution < 1.29 is 27.8 Å². The highest BCUT2D eigenvalue weighted by molar-refractivity contribution is 7.21. The molecule has 6 nitrogen and oxygen atoms in total. The highest BCUT2D eigenvalue weighted by Gasteiger charge is 2.25. The van der Waals surface area contributed by atoms with Crippen molar-refractivity contribution in [3.8, 4) is 0 Å². The predicted octanol–water partition coefficient (Wildman–Crippen LogP) is 3.83. The quantitative estimate of drug-likeness (QED) is 0.487. The molecular formula is C24H24F2N2O4S. The van der Waals surface area contributed by atoms with E-state index in [1.54, 1.807) is 35.2 Å². The molecule has 0 aliphatic carbocycles. The molecule has 0 radical (unpaired) electrons. The molecule has 0 N–H and O–H groups in total. The van der Waals surface area contributed by atoms with Crippen LogP contribution in [0.15, 0.2) is 42.5 Å². The zero-order chi connectivity index (χ0) is 23.4. The van der Waals surface area contributed by atoms with E-state index in [4.69, 9.17) is 9.47 Å². The van der Waals surface area contributed by atoms with Gasteiger partial charge in [-0.15, -0.1) is 11.3 Å². The molecule has 33 heavy (non-hydrogen) atoms. The van der Waals surface area contributed by atoms with E-state index in [1.807, 2.05) is 0 Å². The van der Waals surface area contributed by atoms with Crippen LogP contribution in [0.25, 0.3) is 10.1 Å². The van der Waals surface area contributed by atoms with E-state index in [9.17, 15) is 18.4 Å². The first-order valence-corrected chi connectivity index (χ1v) is 11.4. The molecule has 0 atom stereocenters. The number of hydrogen-bond donors (Lipinski definition) is 0. The van der Waals surface area contributed by atoms with Gasteiger partial charge in [0.25, 0.3) is 5.91 Å². The molecule has 2 heterocycles. The van der Waals surface area contributed by atoms with Gasteiger partial charge in [-0.25, -0.2) is 13.6 Å². The lowest BCUT2D eigenvalue weighted by atomic mass is 10.1. The summed E-state index contributed by atoms with van der Waals surface area (Å²) in [4.78, 5) is 29.2. The number of hydrogen-bond acceptors (Lipinski definition) is 6. The minimum absolute atomic E-state index is 0.0588. The van der Waals surface area contributed by atoms with Crippen LogP contribution in [-0.4, -0.2) is 61.6 Å². The molecule has 3 aromatic rings.